The molecule has 1 heterocycles. The summed E-state index contributed by atoms with van der Waals surface area (Å²) in [5.41, 5.74) is 2.88. The molecule has 0 fully saturated rings. The first-order chi connectivity index (χ1) is 10.8. The zero-order chi connectivity index (χ0) is 15.4. The fourth-order valence-corrected chi connectivity index (χ4v) is 2.08. The average Bonchev–Trinajstić information content (AvgIpc) is 3.09. The summed E-state index contributed by atoms with van der Waals surface area (Å²) >= 11 is 0. The fraction of sp³-hybridized carbons (Fsp3) is 0. The SMILES string of the molecule is C#Cc1cccc(NC(=O)c2ccc(-n3cccn3)cc2)c1. The van der Waals surface area contributed by atoms with E-state index in [2.05, 4.69) is 16.3 Å². The summed E-state index contributed by atoms with van der Waals surface area (Å²) in [4.78, 5) is 12.2. The quantitative estimate of drug-likeness (QED) is 0.752. The topological polar surface area (TPSA) is 46.9 Å². The number of terminal acetylenes is 1. The number of benzene rings is 2. The largest absolute Gasteiger partial charge is 0.322 e. The van der Waals surface area contributed by atoms with E-state index in [0.29, 0.717) is 11.3 Å². The predicted octanol–water partition coefficient (Wildman–Crippen LogP) is 3.11. The number of carbonyl (C=O) groups excluding carboxylic acids is 1. The van der Waals surface area contributed by atoms with Gasteiger partial charge in [0.2, 0.25) is 0 Å². The Morgan fingerprint density at radius 3 is 2.64 bits per heavy atom. The van der Waals surface area contributed by atoms with Crippen LogP contribution in [0.2, 0.25) is 0 Å². The molecule has 4 heteroatoms. The van der Waals surface area contributed by atoms with Crippen LogP contribution in [-0.4, -0.2) is 15.7 Å². The molecule has 0 bridgehead atoms. The first kappa shape index (κ1) is 13.7. The Kier molecular flexibility index (Phi) is 3.71. The Morgan fingerprint density at radius 1 is 1.14 bits per heavy atom. The molecule has 1 N–H and O–H groups in total. The molecule has 0 radical (unpaired) electrons. The summed E-state index contributed by atoms with van der Waals surface area (Å²) in [6.45, 7) is 0. The number of carbonyl (C=O) groups is 1. The van der Waals surface area contributed by atoms with E-state index in [1.807, 2.05) is 36.5 Å². The average molecular weight is 287 g/mol. The molecule has 3 aromatic rings. The normalized spacial score (nSPS) is 9.95. The number of amides is 1. The molecular weight excluding hydrogens is 274 g/mol. The molecule has 22 heavy (non-hydrogen) atoms. The molecule has 0 saturated heterocycles. The van der Waals surface area contributed by atoms with E-state index in [0.717, 1.165) is 11.3 Å². The van der Waals surface area contributed by atoms with Crippen molar-refractivity contribution in [3.8, 4) is 18.0 Å². The molecule has 0 aliphatic carbocycles. The highest BCUT2D eigenvalue weighted by Crippen LogP contribution is 2.13. The van der Waals surface area contributed by atoms with E-state index >= 15 is 0 Å². The van der Waals surface area contributed by atoms with Crippen LogP contribution in [-0.2, 0) is 0 Å². The molecule has 0 spiro atoms. The van der Waals surface area contributed by atoms with Crippen LogP contribution >= 0.6 is 0 Å². The van der Waals surface area contributed by atoms with Gasteiger partial charge in [0.15, 0.2) is 0 Å². The molecule has 0 unspecified atom stereocenters. The van der Waals surface area contributed by atoms with Gasteiger partial charge >= 0.3 is 0 Å². The molecule has 1 amide bonds. The molecule has 0 atom stereocenters. The van der Waals surface area contributed by atoms with Crippen molar-refractivity contribution in [2.75, 3.05) is 5.32 Å². The molecule has 0 aliphatic heterocycles. The van der Waals surface area contributed by atoms with Gasteiger partial charge in [-0.15, -0.1) is 6.42 Å². The Hall–Kier alpha value is -3.32. The summed E-state index contributed by atoms with van der Waals surface area (Å²) in [5.74, 6) is 2.36. The van der Waals surface area contributed by atoms with E-state index in [4.69, 9.17) is 6.42 Å². The smallest absolute Gasteiger partial charge is 0.255 e. The van der Waals surface area contributed by atoms with Crippen molar-refractivity contribution in [1.29, 1.82) is 0 Å². The number of hydrogen-bond acceptors (Lipinski definition) is 2. The van der Waals surface area contributed by atoms with Gasteiger partial charge in [0.25, 0.3) is 5.91 Å². The fourth-order valence-electron chi connectivity index (χ4n) is 2.08. The molecule has 1 aromatic heterocycles. The van der Waals surface area contributed by atoms with Crippen molar-refractivity contribution in [1.82, 2.24) is 9.78 Å². The second-order valence-electron chi connectivity index (χ2n) is 4.68. The van der Waals surface area contributed by atoms with Gasteiger partial charge in [-0.3, -0.25) is 4.79 Å². The van der Waals surface area contributed by atoms with E-state index in [1.165, 1.54) is 0 Å². The molecule has 4 nitrogen and oxygen atoms in total. The zero-order valence-corrected chi connectivity index (χ0v) is 11.7. The maximum atomic E-state index is 12.2. The van der Waals surface area contributed by atoms with Gasteiger partial charge < -0.3 is 5.32 Å². The number of anilines is 1. The summed E-state index contributed by atoms with van der Waals surface area (Å²) in [7, 11) is 0. The zero-order valence-electron chi connectivity index (χ0n) is 11.7. The van der Waals surface area contributed by atoms with Gasteiger partial charge in [-0.25, -0.2) is 4.68 Å². The Labute approximate surface area is 128 Å². The number of hydrogen-bond donors (Lipinski definition) is 1. The summed E-state index contributed by atoms with van der Waals surface area (Å²) in [6.07, 6.45) is 8.91. The lowest BCUT2D eigenvalue weighted by atomic mass is 10.1. The van der Waals surface area contributed by atoms with Crippen molar-refractivity contribution in [2.24, 2.45) is 0 Å². The number of nitrogens with one attached hydrogen (secondary N) is 1. The minimum atomic E-state index is -0.179. The standard InChI is InChI=1S/C18H13N3O/c1-2-14-5-3-6-16(13-14)20-18(22)15-7-9-17(10-8-15)21-12-4-11-19-21/h1,3-13H,(H,20,22). The van der Waals surface area contributed by atoms with Crippen LogP contribution in [0.5, 0.6) is 0 Å². The number of aromatic nitrogens is 2. The Bertz CT molecular complexity index is 828. The maximum absolute atomic E-state index is 12.2. The molecular formula is C18H13N3O. The molecule has 0 saturated carbocycles. The van der Waals surface area contributed by atoms with Gasteiger partial charge in [0.05, 0.1) is 5.69 Å². The lowest BCUT2D eigenvalue weighted by Gasteiger charge is -2.07. The molecule has 106 valence electrons. The van der Waals surface area contributed by atoms with Gasteiger partial charge in [0, 0.05) is 29.2 Å². The van der Waals surface area contributed by atoms with Crippen LogP contribution < -0.4 is 5.32 Å². The number of nitrogens with zero attached hydrogens (tertiary/aromatic N) is 2. The highest BCUT2D eigenvalue weighted by Gasteiger charge is 2.06. The third kappa shape index (κ3) is 2.89. The van der Waals surface area contributed by atoms with E-state index in [-0.39, 0.29) is 5.91 Å². The summed E-state index contributed by atoms with van der Waals surface area (Å²) in [6, 6.07) is 16.3. The lowest BCUT2D eigenvalue weighted by molar-refractivity contribution is 0.102. The van der Waals surface area contributed by atoms with Crippen LogP contribution in [0.4, 0.5) is 5.69 Å². The molecule has 3 rings (SSSR count). The van der Waals surface area contributed by atoms with Crippen molar-refractivity contribution >= 4 is 11.6 Å². The highest BCUT2D eigenvalue weighted by molar-refractivity contribution is 6.04. The monoisotopic (exact) mass is 287 g/mol. The molecule has 0 aliphatic rings. The molecule has 2 aromatic carbocycles. The van der Waals surface area contributed by atoms with Crippen LogP contribution in [0.3, 0.4) is 0 Å². The van der Waals surface area contributed by atoms with Gasteiger partial charge in [-0.1, -0.05) is 12.0 Å². The Morgan fingerprint density at radius 2 is 1.95 bits per heavy atom. The first-order valence-electron chi connectivity index (χ1n) is 6.74. The van der Waals surface area contributed by atoms with E-state index in [1.54, 1.807) is 35.1 Å². The highest BCUT2D eigenvalue weighted by atomic mass is 16.1. The van der Waals surface area contributed by atoms with Crippen LogP contribution in [0.25, 0.3) is 5.69 Å². The van der Waals surface area contributed by atoms with E-state index < -0.39 is 0 Å². The van der Waals surface area contributed by atoms with Gasteiger partial charge in [-0.05, 0) is 48.5 Å². The lowest BCUT2D eigenvalue weighted by Crippen LogP contribution is -2.12. The van der Waals surface area contributed by atoms with E-state index in [9.17, 15) is 4.79 Å². The van der Waals surface area contributed by atoms with Crippen LogP contribution in [0.1, 0.15) is 15.9 Å². The minimum Gasteiger partial charge on any atom is -0.322 e. The number of rotatable bonds is 3. The third-order valence-corrected chi connectivity index (χ3v) is 3.19. The van der Waals surface area contributed by atoms with Crippen LogP contribution in [0.15, 0.2) is 67.0 Å². The van der Waals surface area contributed by atoms with Gasteiger partial charge in [-0.2, -0.15) is 5.10 Å². The maximum Gasteiger partial charge on any atom is 0.255 e. The van der Waals surface area contributed by atoms with Crippen molar-refractivity contribution < 1.29 is 4.79 Å². The second-order valence-corrected chi connectivity index (χ2v) is 4.68. The summed E-state index contributed by atoms with van der Waals surface area (Å²) in [5, 5.41) is 6.98. The Balaban J connectivity index is 1.76. The first-order valence-corrected chi connectivity index (χ1v) is 6.74. The summed E-state index contributed by atoms with van der Waals surface area (Å²) < 4.78 is 1.73. The van der Waals surface area contributed by atoms with Crippen LogP contribution in [0, 0.1) is 12.3 Å². The minimum absolute atomic E-state index is 0.179. The predicted molar refractivity (Wildman–Crippen MR) is 85.9 cm³/mol. The van der Waals surface area contributed by atoms with Crippen molar-refractivity contribution in [3.63, 3.8) is 0 Å². The van der Waals surface area contributed by atoms with Gasteiger partial charge in [0.1, 0.15) is 0 Å². The second kappa shape index (κ2) is 5.98. The van der Waals surface area contributed by atoms with Crippen molar-refractivity contribution in [2.45, 2.75) is 0 Å². The van der Waals surface area contributed by atoms with Crippen molar-refractivity contribution in [3.05, 3.63) is 78.1 Å². The third-order valence-electron chi connectivity index (χ3n) is 3.19.